The molecule has 0 N–H and O–H groups in total. The summed E-state index contributed by atoms with van der Waals surface area (Å²) < 4.78 is 50.2. The molecule has 6 heteroatoms. The van der Waals surface area contributed by atoms with Gasteiger partial charge in [-0.1, -0.05) is 25.5 Å². The van der Waals surface area contributed by atoms with Crippen LogP contribution in [0.5, 0.6) is 5.75 Å². The van der Waals surface area contributed by atoms with E-state index < -0.39 is 29.2 Å². The number of carbonyl (C=O) groups is 1. The molecule has 0 radical (unpaired) electrons. The molecule has 0 aromatic heterocycles. The van der Waals surface area contributed by atoms with Gasteiger partial charge in [0.15, 0.2) is 17.5 Å². The summed E-state index contributed by atoms with van der Waals surface area (Å²) in [6.07, 6.45) is 4.35. The van der Waals surface area contributed by atoms with Crippen molar-refractivity contribution in [1.29, 1.82) is 0 Å². The molecule has 1 heterocycles. The Hall–Kier alpha value is -2.34. The van der Waals surface area contributed by atoms with Crippen LogP contribution in [0.25, 0.3) is 0 Å². The summed E-state index contributed by atoms with van der Waals surface area (Å²) in [6.45, 7) is 2.12. The predicted molar refractivity (Wildman–Crippen MR) is 89.5 cm³/mol. The smallest absolute Gasteiger partial charge is 0.343 e. The third-order valence-corrected chi connectivity index (χ3v) is 4.40. The van der Waals surface area contributed by atoms with E-state index in [9.17, 15) is 18.0 Å². The molecule has 2 atom stereocenters. The molecule has 26 heavy (non-hydrogen) atoms. The lowest BCUT2D eigenvalue weighted by Gasteiger charge is -2.14. The first-order valence-corrected chi connectivity index (χ1v) is 8.60. The van der Waals surface area contributed by atoms with Crippen LogP contribution in [-0.2, 0) is 4.74 Å². The molecule has 3 rings (SSSR count). The molecule has 1 fully saturated rings. The van der Waals surface area contributed by atoms with Gasteiger partial charge in [0.1, 0.15) is 5.75 Å². The maximum absolute atomic E-state index is 13.2. The molecule has 0 saturated carbocycles. The van der Waals surface area contributed by atoms with E-state index >= 15 is 0 Å². The zero-order chi connectivity index (χ0) is 18.7. The molecule has 1 aliphatic heterocycles. The van der Waals surface area contributed by atoms with Gasteiger partial charge < -0.3 is 9.47 Å². The van der Waals surface area contributed by atoms with Crippen LogP contribution in [-0.4, -0.2) is 12.1 Å². The van der Waals surface area contributed by atoms with Crippen LogP contribution in [0.4, 0.5) is 13.2 Å². The monoisotopic (exact) mass is 364 g/mol. The molecule has 138 valence electrons. The maximum Gasteiger partial charge on any atom is 0.343 e. The van der Waals surface area contributed by atoms with Crippen LogP contribution in [0.1, 0.15) is 54.6 Å². The Kier molecular flexibility index (Phi) is 5.61. The fourth-order valence-electron chi connectivity index (χ4n) is 3.08. The summed E-state index contributed by atoms with van der Waals surface area (Å²) >= 11 is 0. The van der Waals surface area contributed by atoms with Crippen molar-refractivity contribution >= 4 is 5.97 Å². The van der Waals surface area contributed by atoms with Crippen molar-refractivity contribution in [3.63, 3.8) is 0 Å². The van der Waals surface area contributed by atoms with E-state index in [0.717, 1.165) is 31.2 Å². The van der Waals surface area contributed by atoms with Crippen molar-refractivity contribution in [3.05, 3.63) is 65.0 Å². The number of carbonyl (C=O) groups excluding carboxylic acids is 1. The number of esters is 1. The first kappa shape index (κ1) is 18.5. The zero-order valence-corrected chi connectivity index (χ0v) is 14.3. The maximum atomic E-state index is 13.2. The minimum Gasteiger partial charge on any atom is -0.423 e. The average Bonchev–Trinajstić information content (AvgIpc) is 3.09. The molecular weight excluding hydrogens is 345 g/mol. The highest BCUT2D eigenvalue weighted by Crippen LogP contribution is 2.34. The number of hydrogen-bond donors (Lipinski definition) is 0. The van der Waals surface area contributed by atoms with E-state index in [1.54, 1.807) is 24.3 Å². The quantitative estimate of drug-likeness (QED) is 0.408. The lowest BCUT2D eigenvalue weighted by Crippen LogP contribution is -2.10. The van der Waals surface area contributed by atoms with E-state index in [-0.39, 0.29) is 17.8 Å². The van der Waals surface area contributed by atoms with Gasteiger partial charge in [-0.3, -0.25) is 0 Å². The molecule has 0 amide bonds. The molecular formula is C20H19F3O3. The second kappa shape index (κ2) is 7.91. The first-order valence-electron chi connectivity index (χ1n) is 8.60. The van der Waals surface area contributed by atoms with E-state index in [0.29, 0.717) is 12.1 Å². The van der Waals surface area contributed by atoms with Crippen LogP contribution in [0.15, 0.2) is 36.4 Å². The molecule has 2 aromatic rings. The number of ether oxygens (including phenoxy) is 2. The SMILES string of the molecule is CCCC1CCC(c2ccc(C(=O)Oc3cc(F)c(F)c(F)c3)cc2)O1. The van der Waals surface area contributed by atoms with E-state index in [1.807, 2.05) is 0 Å². The average molecular weight is 364 g/mol. The van der Waals surface area contributed by atoms with Crippen molar-refractivity contribution in [1.82, 2.24) is 0 Å². The Labute approximate surface area is 149 Å². The summed E-state index contributed by atoms with van der Waals surface area (Å²) in [5.41, 5.74) is 1.20. The third-order valence-electron chi connectivity index (χ3n) is 4.40. The number of rotatable bonds is 5. The van der Waals surface area contributed by atoms with Crippen molar-refractivity contribution in [2.45, 2.75) is 44.8 Å². The van der Waals surface area contributed by atoms with E-state index in [2.05, 4.69) is 6.92 Å². The van der Waals surface area contributed by atoms with Crippen molar-refractivity contribution in [2.24, 2.45) is 0 Å². The van der Waals surface area contributed by atoms with Crippen LogP contribution in [0.3, 0.4) is 0 Å². The molecule has 2 aromatic carbocycles. The highest BCUT2D eigenvalue weighted by atomic mass is 19.2. The molecule has 1 saturated heterocycles. The highest BCUT2D eigenvalue weighted by molar-refractivity contribution is 5.91. The Morgan fingerprint density at radius 3 is 2.38 bits per heavy atom. The minimum atomic E-state index is -1.60. The molecule has 2 unspecified atom stereocenters. The predicted octanol–water partition coefficient (Wildman–Crippen LogP) is 5.34. The number of halogens is 3. The number of benzene rings is 2. The summed E-state index contributed by atoms with van der Waals surface area (Å²) in [6, 6.07) is 7.97. The second-order valence-corrected chi connectivity index (χ2v) is 6.33. The molecule has 3 nitrogen and oxygen atoms in total. The van der Waals surface area contributed by atoms with Crippen molar-refractivity contribution < 1.29 is 27.4 Å². The van der Waals surface area contributed by atoms with Gasteiger partial charge in [-0.05, 0) is 37.0 Å². The van der Waals surface area contributed by atoms with Crippen LogP contribution >= 0.6 is 0 Å². The largest absolute Gasteiger partial charge is 0.423 e. The van der Waals surface area contributed by atoms with Gasteiger partial charge >= 0.3 is 5.97 Å². The highest BCUT2D eigenvalue weighted by Gasteiger charge is 2.26. The third kappa shape index (κ3) is 4.07. The van der Waals surface area contributed by atoms with E-state index in [1.165, 1.54) is 0 Å². The lowest BCUT2D eigenvalue weighted by molar-refractivity contribution is 0.0396. The summed E-state index contributed by atoms with van der Waals surface area (Å²) in [5, 5.41) is 0. The lowest BCUT2D eigenvalue weighted by atomic mass is 10.0. The van der Waals surface area contributed by atoms with Crippen LogP contribution in [0, 0.1) is 17.5 Å². The molecule has 1 aliphatic rings. The second-order valence-electron chi connectivity index (χ2n) is 6.33. The normalized spacial score (nSPS) is 19.5. The fourth-order valence-corrected chi connectivity index (χ4v) is 3.08. The van der Waals surface area contributed by atoms with Gasteiger partial charge in [-0.15, -0.1) is 0 Å². The van der Waals surface area contributed by atoms with Gasteiger partial charge in [-0.25, -0.2) is 18.0 Å². The van der Waals surface area contributed by atoms with Crippen LogP contribution in [0.2, 0.25) is 0 Å². The van der Waals surface area contributed by atoms with Crippen molar-refractivity contribution in [3.8, 4) is 5.75 Å². The van der Waals surface area contributed by atoms with Crippen molar-refractivity contribution in [2.75, 3.05) is 0 Å². The molecule has 0 aliphatic carbocycles. The topological polar surface area (TPSA) is 35.5 Å². The summed E-state index contributed by atoms with van der Waals surface area (Å²) in [5.74, 6) is -5.60. The van der Waals surface area contributed by atoms with Gasteiger partial charge in [-0.2, -0.15) is 0 Å². The summed E-state index contributed by atoms with van der Waals surface area (Å²) in [7, 11) is 0. The molecule has 0 spiro atoms. The standard InChI is InChI=1S/C20H19F3O3/c1-2-3-14-8-9-18(25-14)12-4-6-13(7-5-12)20(24)26-15-10-16(21)19(23)17(22)11-15/h4-7,10-11,14,18H,2-3,8-9H2,1H3. The van der Waals surface area contributed by atoms with Crippen LogP contribution < -0.4 is 4.74 Å². The Morgan fingerprint density at radius 1 is 1.12 bits per heavy atom. The zero-order valence-electron chi connectivity index (χ0n) is 14.3. The fraction of sp³-hybridized carbons (Fsp3) is 0.350. The first-order chi connectivity index (χ1) is 12.5. The Morgan fingerprint density at radius 2 is 1.77 bits per heavy atom. The van der Waals surface area contributed by atoms with E-state index in [4.69, 9.17) is 9.47 Å². The van der Waals surface area contributed by atoms with Gasteiger partial charge in [0, 0.05) is 12.1 Å². The molecule has 0 bridgehead atoms. The number of hydrogen-bond acceptors (Lipinski definition) is 3. The Balaban J connectivity index is 1.66. The Bertz CT molecular complexity index is 766. The summed E-state index contributed by atoms with van der Waals surface area (Å²) in [4.78, 5) is 12.1. The van der Waals surface area contributed by atoms with Gasteiger partial charge in [0.2, 0.25) is 0 Å². The minimum absolute atomic E-state index is 0.0110. The van der Waals surface area contributed by atoms with Gasteiger partial charge in [0.05, 0.1) is 17.8 Å². The van der Waals surface area contributed by atoms with Gasteiger partial charge in [0.25, 0.3) is 0 Å².